The van der Waals surface area contributed by atoms with E-state index in [1.54, 1.807) is 24.4 Å². The van der Waals surface area contributed by atoms with Crippen LogP contribution in [0.3, 0.4) is 0 Å². The molecule has 0 spiro atoms. The van der Waals surface area contributed by atoms with E-state index in [1.165, 1.54) is 6.92 Å². The summed E-state index contributed by atoms with van der Waals surface area (Å²) in [4.78, 5) is 39.5. The molecule has 0 unspecified atom stereocenters. The minimum absolute atomic E-state index is 0.00567. The van der Waals surface area contributed by atoms with E-state index in [4.69, 9.17) is 4.74 Å². The number of halogens is 2. The molecule has 154 valence electrons. The second kappa shape index (κ2) is 10.2. The number of rotatable bonds is 9. The first-order chi connectivity index (χ1) is 13.3. The second-order valence-corrected chi connectivity index (χ2v) is 6.92. The Bertz CT molecular complexity index is 675. The van der Waals surface area contributed by atoms with Crippen LogP contribution in [0.2, 0.25) is 0 Å². The van der Waals surface area contributed by atoms with Crippen LogP contribution in [0, 0.1) is 5.92 Å². The molecule has 1 aromatic rings. The fourth-order valence-corrected chi connectivity index (χ4v) is 2.79. The van der Waals surface area contributed by atoms with Crippen molar-refractivity contribution in [1.82, 2.24) is 15.6 Å². The van der Waals surface area contributed by atoms with E-state index >= 15 is 0 Å². The van der Waals surface area contributed by atoms with Crippen molar-refractivity contribution in [2.24, 2.45) is 5.92 Å². The number of alkyl halides is 2. The van der Waals surface area contributed by atoms with Crippen LogP contribution in [0.25, 0.3) is 0 Å². The Morgan fingerprint density at radius 1 is 1.25 bits per heavy atom. The zero-order chi connectivity index (χ0) is 20.6. The Labute approximate surface area is 162 Å². The second-order valence-electron chi connectivity index (χ2n) is 6.92. The van der Waals surface area contributed by atoms with E-state index in [9.17, 15) is 23.2 Å². The molecule has 7 nitrogen and oxygen atoms in total. The SMILES string of the molecule is C[C@@H](OCC1CCC(F)(F)CC1)C(=O)NCC(=O)C(=O)NCc1ccccn1. The van der Waals surface area contributed by atoms with Crippen molar-refractivity contribution in [1.29, 1.82) is 0 Å². The molecular weight excluding hydrogens is 372 g/mol. The predicted octanol–water partition coefficient (Wildman–Crippen LogP) is 1.61. The number of ether oxygens (including phenoxy) is 1. The van der Waals surface area contributed by atoms with Gasteiger partial charge >= 0.3 is 0 Å². The number of pyridine rings is 1. The summed E-state index contributed by atoms with van der Waals surface area (Å²) < 4.78 is 31.7. The lowest BCUT2D eigenvalue weighted by Gasteiger charge is -2.28. The molecule has 0 radical (unpaired) electrons. The highest BCUT2D eigenvalue weighted by atomic mass is 19.3. The molecule has 28 heavy (non-hydrogen) atoms. The number of nitrogens with zero attached hydrogens (tertiary/aromatic N) is 1. The summed E-state index contributed by atoms with van der Waals surface area (Å²) >= 11 is 0. The topological polar surface area (TPSA) is 97.4 Å². The van der Waals surface area contributed by atoms with Crippen LogP contribution >= 0.6 is 0 Å². The number of hydrogen-bond donors (Lipinski definition) is 2. The lowest BCUT2D eigenvalue weighted by atomic mass is 9.87. The molecule has 0 aliphatic heterocycles. The first kappa shape index (κ1) is 21.9. The summed E-state index contributed by atoms with van der Waals surface area (Å²) in [6, 6.07) is 5.20. The molecule has 2 N–H and O–H groups in total. The zero-order valence-corrected chi connectivity index (χ0v) is 15.7. The van der Waals surface area contributed by atoms with Crippen molar-refractivity contribution in [2.75, 3.05) is 13.2 Å². The third-order valence-corrected chi connectivity index (χ3v) is 4.62. The highest BCUT2D eigenvalue weighted by molar-refractivity contribution is 6.37. The van der Waals surface area contributed by atoms with Gasteiger partial charge in [0.15, 0.2) is 0 Å². The van der Waals surface area contributed by atoms with E-state index in [1.807, 2.05) is 0 Å². The van der Waals surface area contributed by atoms with Gasteiger partial charge in [-0.3, -0.25) is 19.4 Å². The number of carbonyl (C=O) groups is 3. The molecule has 1 aliphatic carbocycles. The van der Waals surface area contributed by atoms with Crippen LogP contribution in [0.4, 0.5) is 8.78 Å². The molecule has 1 aromatic heterocycles. The molecule has 1 fully saturated rings. The van der Waals surface area contributed by atoms with Crippen LogP contribution in [0.5, 0.6) is 0 Å². The number of hydrogen-bond acceptors (Lipinski definition) is 5. The van der Waals surface area contributed by atoms with Crippen molar-refractivity contribution in [3.8, 4) is 0 Å². The number of carbonyl (C=O) groups excluding carboxylic acids is 3. The van der Waals surface area contributed by atoms with Crippen LogP contribution < -0.4 is 10.6 Å². The summed E-state index contributed by atoms with van der Waals surface area (Å²) in [7, 11) is 0. The fourth-order valence-electron chi connectivity index (χ4n) is 2.79. The van der Waals surface area contributed by atoms with E-state index in [2.05, 4.69) is 15.6 Å². The van der Waals surface area contributed by atoms with Crippen molar-refractivity contribution >= 4 is 17.6 Å². The average molecular weight is 397 g/mol. The summed E-state index contributed by atoms with van der Waals surface area (Å²) in [6.07, 6.45) is 1.12. The van der Waals surface area contributed by atoms with Crippen molar-refractivity contribution in [2.45, 2.75) is 51.2 Å². The highest BCUT2D eigenvalue weighted by Gasteiger charge is 2.35. The first-order valence-electron chi connectivity index (χ1n) is 9.25. The maximum atomic E-state index is 13.1. The molecule has 0 aromatic carbocycles. The fraction of sp³-hybridized carbons (Fsp3) is 0.579. The number of ketones is 1. The van der Waals surface area contributed by atoms with Crippen LogP contribution in [-0.2, 0) is 25.7 Å². The van der Waals surface area contributed by atoms with Gasteiger partial charge in [-0.25, -0.2) is 8.78 Å². The normalized spacial score (nSPS) is 17.5. The monoisotopic (exact) mass is 397 g/mol. The van der Waals surface area contributed by atoms with Gasteiger partial charge in [-0.05, 0) is 37.8 Å². The first-order valence-corrected chi connectivity index (χ1v) is 9.25. The van der Waals surface area contributed by atoms with Gasteiger partial charge in [0.2, 0.25) is 17.6 Å². The predicted molar refractivity (Wildman–Crippen MR) is 96.4 cm³/mol. The Morgan fingerprint density at radius 3 is 2.61 bits per heavy atom. The molecule has 1 heterocycles. The largest absolute Gasteiger partial charge is 0.368 e. The molecule has 2 rings (SSSR count). The molecule has 0 saturated heterocycles. The maximum absolute atomic E-state index is 13.1. The van der Waals surface area contributed by atoms with Crippen molar-refractivity contribution in [3.05, 3.63) is 30.1 Å². The van der Waals surface area contributed by atoms with Crippen molar-refractivity contribution in [3.63, 3.8) is 0 Å². The van der Waals surface area contributed by atoms with Gasteiger partial charge in [-0.1, -0.05) is 6.07 Å². The lowest BCUT2D eigenvalue weighted by Crippen LogP contribution is -2.42. The van der Waals surface area contributed by atoms with Gasteiger partial charge < -0.3 is 15.4 Å². The standard InChI is InChI=1S/C19H25F2N3O4/c1-13(28-12-14-5-7-19(20,21)8-6-14)17(26)24-11-16(25)18(27)23-10-15-4-2-3-9-22-15/h2-4,9,13-14H,5-8,10-12H2,1H3,(H,23,27)(H,24,26)/t13-/m1/s1. The van der Waals surface area contributed by atoms with Crippen LogP contribution in [-0.4, -0.2) is 47.8 Å². The Kier molecular flexibility index (Phi) is 7.98. The molecule has 1 saturated carbocycles. The number of Topliss-reactive ketones (excluding diaryl/α,β-unsaturated/α-hetero) is 1. The molecule has 1 aliphatic rings. The molecule has 1 atom stereocenters. The summed E-state index contributed by atoms with van der Waals surface area (Å²) in [5.41, 5.74) is 0.607. The Hall–Kier alpha value is -2.42. The van der Waals surface area contributed by atoms with E-state index in [0.29, 0.717) is 18.5 Å². The lowest BCUT2D eigenvalue weighted by molar-refractivity contribution is -0.139. The third-order valence-electron chi connectivity index (χ3n) is 4.62. The quantitative estimate of drug-likeness (QED) is 0.617. The number of aromatic nitrogens is 1. The molecule has 0 bridgehead atoms. The van der Waals surface area contributed by atoms with Crippen molar-refractivity contribution < 1.29 is 27.9 Å². The average Bonchev–Trinajstić information content (AvgIpc) is 2.69. The van der Waals surface area contributed by atoms with Gasteiger partial charge in [0.25, 0.3) is 5.91 Å². The summed E-state index contributed by atoms with van der Waals surface area (Å²) in [5, 5.41) is 4.78. The summed E-state index contributed by atoms with van der Waals surface area (Å²) in [6.45, 7) is 1.39. The molecule has 9 heteroatoms. The summed E-state index contributed by atoms with van der Waals surface area (Å²) in [5.74, 6) is -4.74. The maximum Gasteiger partial charge on any atom is 0.289 e. The van der Waals surface area contributed by atoms with E-state index < -0.39 is 36.2 Å². The molecular formula is C19H25F2N3O4. The van der Waals surface area contributed by atoms with E-state index in [0.717, 1.165) is 0 Å². The number of amides is 2. The zero-order valence-electron chi connectivity index (χ0n) is 15.7. The van der Waals surface area contributed by atoms with Gasteiger partial charge in [0.1, 0.15) is 6.10 Å². The van der Waals surface area contributed by atoms with Gasteiger partial charge in [-0.15, -0.1) is 0 Å². The number of nitrogens with one attached hydrogen (secondary N) is 2. The third kappa shape index (κ3) is 7.30. The Balaban J connectivity index is 1.63. The van der Waals surface area contributed by atoms with Crippen LogP contribution in [0.1, 0.15) is 38.3 Å². The van der Waals surface area contributed by atoms with E-state index in [-0.39, 0.29) is 31.9 Å². The van der Waals surface area contributed by atoms with Gasteiger partial charge in [-0.2, -0.15) is 0 Å². The highest BCUT2D eigenvalue weighted by Crippen LogP contribution is 2.36. The van der Waals surface area contributed by atoms with Gasteiger partial charge in [0, 0.05) is 19.0 Å². The minimum Gasteiger partial charge on any atom is -0.368 e. The molecule has 2 amide bonds. The van der Waals surface area contributed by atoms with Crippen LogP contribution in [0.15, 0.2) is 24.4 Å². The smallest absolute Gasteiger partial charge is 0.289 e. The van der Waals surface area contributed by atoms with Gasteiger partial charge in [0.05, 0.1) is 25.4 Å². The minimum atomic E-state index is -2.60. The Morgan fingerprint density at radius 2 is 1.96 bits per heavy atom.